The summed E-state index contributed by atoms with van der Waals surface area (Å²) in [6, 6.07) is 5.67. The molecule has 2 N–H and O–H groups in total. The molecule has 0 aliphatic rings. The van der Waals surface area contributed by atoms with Crippen molar-refractivity contribution >= 4 is 21.7 Å². The van der Waals surface area contributed by atoms with Crippen LogP contribution in [-0.4, -0.2) is 37.7 Å². The van der Waals surface area contributed by atoms with Gasteiger partial charge in [-0.1, -0.05) is 13.0 Å². The van der Waals surface area contributed by atoms with Crippen LogP contribution in [0, 0.1) is 0 Å². The average molecular weight is 285 g/mol. The molecule has 0 heterocycles. The predicted molar refractivity (Wildman–Crippen MR) is 68.8 cm³/mol. The Bertz CT molecular complexity index is 580. The number of hydrogen-bond donors (Lipinski definition) is 2. The average Bonchev–Trinajstić information content (AvgIpc) is 2.38. The number of amides is 1. The first-order chi connectivity index (χ1) is 8.86. The van der Waals surface area contributed by atoms with E-state index in [-0.39, 0.29) is 29.2 Å². The normalized spacial score (nSPS) is 11.0. The topological polar surface area (TPSA) is 101 Å². The number of carboxylic acids is 1. The minimum atomic E-state index is -3.36. The van der Waals surface area contributed by atoms with Crippen LogP contribution in [0.2, 0.25) is 0 Å². The van der Waals surface area contributed by atoms with Gasteiger partial charge in [0.1, 0.15) is 0 Å². The van der Waals surface area contributed by atoms with Gasteiger partial charge < -0.3 is 10.4 Å². The second-order valence-corrected chi connectivity index (χ2v) is 6.11. The van der Waals surface area contributed by atoms with Gasteiger partial charge in [0.05, 0.1) is 17.1 Å². The molecule has 7 heteroatoms. The first-order valence-electron chi connectivity index (χ1n) is 5.69. The molecule has 1 amide bonds. The second-order valence-electron chi connectivity index (χ2n) is 3.83. The second kappa shape index (κ2) is 6.33. The molecule has 104 valence electrons. The molecule has 1 aromatic carbocycles. The van der Waals surface area contributed by atoms with Crippen molar-refractivity contribution in [2.24, 2.45) is 0 Å². The summed E-state index contributed by atoms with van der Waals surface area (Å²) in [5, 5.41) is 10.9. The molecule has 0 fully saturated rings. The number of carbonyl (C=O) groups is 2. The SMILES string of the molecule is CCS(=O)(=O)c1cccc(C(=O)NCCC(=O)O)c1. The third-order valence-corrected chi connectivity index (χ3v) is 4.19. The Morgan fingerprint density at radius 1 is 1.32 bits per heavy atom. The Hall–Kier alpha value is -1.89. The first kappa shape index (κ1) is 15.2. The zero-order valence-electron chi connectivity index (χ0n) is 10.4. The maximum Gasteiger partial charge on any atom is 0.305 e. The zero-order chi connectivity index (χ0) is 14.5. The van der Waals surface area contributed by atoms with E-state index in [1.807, 2.05) is 0 Å². The van der Waals surface area contributed by atoms with E-state index in [0.29, 0.717) is 0 Å². The Balaban J connectivity index is 2.82. The molecule has 0 radical (unpaired) electrons. The van der Waals surface area contributed by atoms with Crippen molar-refractivity contribution in [2.75, 3.05) is 12.3 Å². The number of hydrogen-bond acceptors (Lipinski definition) is 4. The lowest BCUT2D eigenvalue weighted by atomic mass is 10.2. The third kappa shape index (κ3) is 4.36. The first-order valence-corrected chi connectivity index (χ1v) is 7.35. The third-order valence-electron chi connectivity index (χ3n) is 2.46. The molecule has 0 spiro atoms. The summed E-state index contributed by atoms with van der Waals surface area (Å²) in [6.07, 6.45) is -0.182. The van der Waals surface area contributed by atoms with Crippen molar-refractivity contribution in [2.45, 2.75) is 18.2 Å². The molecule has 1 rings (SSSR count). The van der Waals surface area contributed by atoms with Gasteiger partial charge >= 0.3 is 5.97 Å². The molecule has 0 aliphatic carbocycles. The van der Waals surface area contributed by atoms with E-state index in [1.54, 1.807) is 0 Å². The maximum atomic E-state index is 11.7. The Labute approximate surface area is 111 Å². The summed E-state index contributed by atoms with van der Waals surface area (Å²) in [5.74, 6) is -1.55. The fourth-order valence-corrected chi connectivity index (χ4v) is 2.31. The van der Waals surface area contributed by atoms with E-state index in [0.717, 1.165) is 0 Å². The van der Waals surface area contributed by atoms with E-state index < -0.39 is 21.7 Å². The predicted octanol–water partition coefficient (Wildman–Crippen LogP) is 0.685. The molecule has 0 aliphatic heterocycles. The van der Waals surface area contributed by atoms with Crippen molar-refractivity contribution in [3.05, 3.63) is 29.8 Å². The molecule has 0 bridgehead atoms. The minimum Gasteiger partial charge on any atom is -0.481 e. The van der Waals surface area contributed by atoms with E-state index >= 15 is 0 Å². The van der Waals surface area contributed by atoms with E-state index in [1.165, 1.54) is 31.2 Å². The van der Waals surface area contributed by atoms with Crippen molar-refractivity contribution < 1.29 is 23.1 Å². The molecule has 1 aromatic rings. The van der Waals surface area contributed by atoms with Crippen LogP contribution >= 0.6 is 0 Å². The fraction of sp³-hybridized carbons (Fsp3) is 0.333. The summed E-state index contributed by atoms with van der Waals surface area (Å²) in [6.45, 7) is 1.52. The van der Waals surface area contributed by atoms with E-state index in [2.05, 4.69) is 5.32 Å². The van der Waals surface area contributed by atoms with Crippen LogP contribution in [0.3, 0.4) is 0 Å². The molecule has 0 atom stereocenters. The molecule has 0 saturated carbocycles. The van der Waals surface area contributed by atoms with Gasteiger partial charge in [0.2, 0.25) is 0 Å². The van der Waals surface area contributed by atoms with Gasteiger partial charge in [-0.05, 0) is 18.2 Å². The standard InChI is InChI=1S/C12H15NO5S/c1-2-19(17,18)10-5-3-4-9(8-10)12(16)13-7-6-11(14)15/h3-5,8H,2,6-7H2,1H3,(H,13,16)(H,14,15). The van der Waals surface area contributed by atoms with Gasteiger partial charge in [-0.25, -0.2) is 8.42 Å². The van der Waals surface area contributed by atoms with Crippen LogP contribution in [0.4, 0.5) is 0 Å². The number of nitrogens with one attached hydrogen (secondary N) is 1. The van der Waals surface area contributed by atoms with Crippen molar-refractivity contribution in [1.29, 1.82) is 0 Å². The molecule has 0 saturated heterocycles. The molecular formula is C12H15NO5S. The minimum absolute atomic E-state index is 0.00107. The highest BCUT2D eigenvalue weighted by atomic mass is 32.2. The highest BCUT2D eigenvalue weighted by Gasteiger charge is 2.14. The van der Waals surface area contributed by atoms with Crippen LogP contribution in [0.15, 0.2) is 29.2 Å². The Morgan fingerprint density at radius 2 is 2.00 bits per heavy atom. The monoisotopic (exact) mass is 285 g/mol. The lowest BCUT2D eigenvalue weighted by Gasteiger charge is -2.06. The van der Waals surface area contributed by atoms with Gasteiger partial charge in [-0.3, -0.25) is 9.59 Å². The highest BCUT2D eigenvalue weighted by molar-refractivity contribution is 7.91. The van der Waals surface area contributed by atoms with Crippen LogP contribution in [0.1, 0.15) is 23.7 Å². The van der Waals surface area contributed by atoms with Crippen LogP contribution in [0.25, 0.3) is 0 Å². The number of benzene rings is 1. The van der Waals surface area contributed by atoms with E-state index in [4.69, 9.17) is 5.11 Å². The number of carboxylic acid groups (broad SMARTS) is 1. The van der Waals surface area contributed by atoms with Crippen molar-refractivity contribution in [3.63, 3.8) is 0 Å². The maximum absolute atomic E-state index is 11.7. The van der Waals surface area contributed by atoms with Crippen molar-refractivity contribution in [3.8, 4) is 0 Å². The number of carbonyl (C=O) groups excluding carboxylic acids is 1. The molecule has 0 unspecified atom stereocenters. The molecule has 0 aromatic heterocycles. The van der Waals surface area contributed by atoms with Gasteiger partial charge in [-0.15, -0.1) is 0 Å². The van der Waals surface area contributed by atoms with Gasteiger partial charge in [0.15, 0.2) is 9.84 Å². The number of sulfone groups is 1. The molecule has 19 heavy (non-hydrogen) atoms. The summed E-state index contributed by atoms with van der Waals surface area (Å²) in [5.41, 5.74) is 0.194. The van der Waals surface area contributed by atoms with Crippen molar-refractivity contribution in [1.82, 2.24) is 5.32 Å². The van der Waals surface area contributed by atoms with Gasteiger partial charge in [0, 0.05) is 12.1 Å². The van der Waals surface area contributed by atoms with Crippen LogP contribution < -0.4 is 5.32 Å². The summed E-state index contributed by atoms with van der Waals surface area (Å²) in [4.78, 5) is 22.1. The Morgan fingerprint density at radius 3 is 2.58 bits per heavy atom. The van der Waals surface area contributed by atoms with E-state index in [9.17, 15) is 18.0 Å². The summed E-state index contributed by atoms with van der Waals surface area (Å²) < 4.78 is 23.3. The van der Waals surface area contributed by atoms with Gasteiger partial charge in [-0.2, -0.15) is 0 Å². The number of rotatable bonds is 6. The quantitative estimate of drug-likeness (QED) is 0.800. The zero-order valence-corrected chi connectivity index (χ0v) is 11.2. The number of aliphatic carboxylic acids is 1. The highest BCUT2D eigenvalue weighted by Crippen LogP contribution is 2.13. The Kier molecular flexibility index (Phi) is 5.05. The summed E-state index contributed by atoms with van der Waals surface area (Å²) >= 11 is 0. The molecular weight excluding hydrogens is 270 g/mol. The summed E-state index contributed by atoms with van der Waals surface area (Å²) in [7, 11) is -3.36. The van der Waals surface area contributed by atoms with Gasteiger partial charge in [0.25, 0.3) is 5.91 Å². The lowest BCUT2D eigenvalue weighted by molar-refractivity contribution is -0.136. The largest absolute Gasteiger partial charge is 0.481 e. The molecule has 6 nitrogen and oxygen atoms in total. The fourth-order valence-electron chi connectivity index (χ4n) is 1.38. The van der Waals surface area contributed by atoms with Crippen LogP contribution in [0.5, 0.6) is 0 Å². The smallest absolute Gasteiger partial charge is 0.305 e. The lowest BCUT2D eigenvalue weighted by Crippen LogP contribution is -2.26. The van der Waals surface area contributed by atoms with Crippen LogP contribution in [-0.2, 0) is 14.6 Å².